The molecule has 1 aromatic rings. The number of rotatable bonds is 8. The fourth-order valence-electron chi connectivity index (χ4n) is 2.36. The van der Waals surface area contributed by atoms with Crippen molar-refractivity contribution < 1.29 is 10.2 Å². The molecule has 1 fully saturated rings. The predicted molar refractivity (Wildman–Crippen MR) is 89.0 cm³/mol. The van der Waals surface area contributed by atoms with Crippen molar-refractivity contribution in [2.24, 2.45) is 10.4 Å². The molecular weight excluding hydrogens is 278 g/mol. The number of aliphatic imine (C=N–C) groups is 1. The molecule has 2 rings (SSSR count). The summed E-state index contributed by atoms with van der Waals surface area (Å²) < 4.78 is 0. The molecule has 5 nitrogen and oxygen atoms in total. The second-order valence-electron chi connectivity index (χ2n) is 6.02. The number of nitrogens with one attached hydrogen (secondary N) is 2. The van der Waals surface area contributed by atoms with Crippen LogP contribution in [0.15, 0.2) is 35.3 Å². The summed E-state index contributed by atoms with van der Waals surface area (Å²) in [6, 6.07) is 9.99. The Balaban J connectivity index is 1.91. The van der Waals surface area contributed by atoms with Crippen molar-refractivity contribution >= 4 is 5.96 Å². The number of benzene rings is 1. The van der Waals surface area contributed by atoms with Crippen LogP contribution in [-0.2, 0) is 0 Å². The third kappa shape index (κ3) is 4.71. The summed E-state index contributed by atoms with van der Waals surface area (Å²) in [5.74, 6) is 0.786. The molecule has 0 amide bonds. The first kappa shape index (κ1) is 16.8. The van der Waals surface area contributed by atoms with Crippen LogP contribution >= 0.6 is 0 Å². The summed E-state index contributed by atoms with van der Waals surface area (Å²) in [4.78, 5) is 4.57. The van der Waals surface area contributed by atoms with E-state index in [9.17, 15) is 10.2 Å². The molecule has 1 aliphatic rings. The van der Waals surface area contributed by atoms with Crippen molar-refractivity contribution in [1.29, 1.82) is 0 Å². The highest BCUT2D eigenvalue weighted by molar-refractivity contribution is 5.79. The standard InChI is InChI=1S/C17H27N3O2/c1-2-18-16(20-12-17(13-22)8-9-17)19-10-15(11-21)14-6-4-3-5-7-14/h3-7,15,21-22H,2,8-13H2,1H3,(H2,18,19,20). The number of hydrogen-bond acceptors (Lipinski definition) is 3. The minimum Gasteiger partial charge on any atom is -0.396 e. The van der Waals surface area contributed by atoms with Crippen LogP contribution in [0.25, 0.3) is 0 Å². The molecule has 1 saturated carbocycles. The van der Waals surface area contributed by atoms with Crippen LogP contribution in [0, 0.1) is 5.41 Å². The zero-order valence-corrected chi connectivity index (χ0v) is 13.3. The monoisotopic (exact) mass is 305 g/mol. The van der Waals surface area contributed by atoms with Gasteiger partial charge in [-0.3, -0.25) is 4.99 Å². The highest BCUT2D eigenvalue weighted by Crippen LogP contribution is 2.45. The van der Waals surface area contributed by atoms with Crippen molar-refractivity contribution in [2.45, 2.75) is 25.7 Å². The van der Waals surface area contributed by atoms with E-state index >= 15 is 0 Å². The van der Waals surface area contributed by atoms with Gasteiger partial charge in [0.15, 0.2) is 5.96 Å². The van der Waals surface area contributed by atoms with E-state index in [0.29, 0.717) is 13.1 Å². The average Bonchev–Trinajstić information content (AvgIpc) is 3.34. The summed E-state index contributed by atoms with van der Waals surface area (Å²) >= 11 is 0. The first-order chi connectivity index (χ1) is 10.7. The van der Waals surface area contributed by atoms with Gasteiger partial charge in [-0.15, -0.1) is 0 Å². The Hall–Kier alpha value is -1.59. The van der Waals surface area contributed by atoms with Gasteiger partial charge in [-0.1, -0.05) is 30.3 Å². The molecule has 0 saturated heterocycles. The summed E-state index contributed by atoms with van der Waals surface area (Å²) in [7, 11) is 0. The topological polar surface area (TPSA) is 76.9 Å². The predicted octanol–water partition coefficient (Wildman–Crippen LogP) is 1.09. The number of aliphatic hydroxyl groups excluding tert-OH is 2. The van der Waals surface area contributed by atoms with Crippen LogP contribution < -0.4 is 10.6 Å². The van der Waals surface area contributed by atoms with Gasteiger partial charge >= 0.3 is 0 Å². The molecule has 1 unspecified atom stereocenters. The third-order valence-electron chi connectivity index (χ3n) is 4.22. The summed E-state index contributed by atoms with van der Waals surface area (Å²) in [5, 5.41) is 25.5. The second kappa shape index (κ2) is 8.15. The summed E-state index contributed by atoms with van der Waals surface area (Å²) in [6.07, 6.45) is 2.10. The van der Waals surface area contributed by atoms with E-state index in [0.717, 1.165) is 30.9 Å². The van der Waals surface area contributed by atoms with Gasteiger partial charge in [0.05, 0.1) is 19.8 Å². The van der Waals surface area contributed by atoms with Gasteiger partial charge < -0.3 is 20.8 Å². The Labute approximate surface area is 132 Å². The Morgan fingerprint density at radius 2 is 1.95 bits per heavy atom. The van der Waals surface area contributed by atoms with Gasteiger partial charge in [-0.05, 0) is 25.3 Å². The van der Waals surface area contributed by atoms with E-state index in [1.54, 1.807) is 0 Å². The molecule has 0 spiro atoms. The number of nitrogens with zero attached hydrogens (tertiary/aromatic N) is 1. The van der Waals surface area contributed by atoms with Gasteiger partial charge in [0.1, 0.15) is 0 Å². The minimum atomic E-state index is 0.0121. The molecule has 0 aliphatic heterocycles. The zero-order valence-electron chi connectivity index (χ0n) is 13.3. The quantitative estimate of drug-likeness (QED) is 0.428. The van der Waals surface area contributed by atoms with E-state index in [1.807, 2.05) is 37.3 Å². The molecule has 0 radical (unpaired) electrons. The van der Waals surface area contributed by atoms with Crippen molar-refractivity contribution in [2.75, 3.05) is 32.8 Å². The Bertz CT molecular complexity index is 472. The lowest BCUT2D eigenvalue weighted by atomic mass is 10.0. The maximum Gasteiger partial charge on any atom is 0.191 e. The molecule has 122 valence electrons. The Morgan fingerprint density at radius 1 is 1.23 bits per heavy atom. The first-order valence-corrected chi connectivity index (χ1v) is 8.02. The lowest BCUT2D eigenvalue weighted by Crippen LogP contribution is -2.40. The van der Waals surface area contributed by atoms with E-state index in [-0.39, 0.29) is 24.5 Å². The lowest BCUT2D eigenvalue weighted by Gasteiger charge is -2.18. The van der Waals surface area contributed by atoms with Gasteiger partial charge in [-0.2, -0.15) is 0 Å². The van der Waals surface area contributed by atoms with E-state index < -0.39 is 0 Å². The lowest BCUT2D eigenvalue weighted by molar-refractivity contribution is 0.216. The molecule has 0 aromatic heterocycles. The van der Waals surface area contributed by atoms with Crippen LogP contribution in [0.5, 0.6) is 0 Å². The van der Waals surface area contributed by atoms with Gasteiger partial charge in [0.2, 0.25) is 0 Å². The van der Waals surface area contributed by atoms with Gasteiger partial charge in [-0.25, -0.2) is 0 Å². The van der Waals surface area contributed by atoms with E-state index in [2.05, 4.69) is 15.6 Å². The average molecular weight is 305 g/mol. The number of guanidine groups is 1. The van der Waals surface area contributed by atoms with Crippen LogP contribution in [0.4, 0.5) is 0 Å². The maximum absolute atomic E-state index is 9.60. The smallest absolute Gasteiger partial charge is 0.191 e. The van der Waals surface area contributed by atoms with Gasteiger partial charge in [0.25, 0.3) is 0 Å². The fraction of sp³-hybridized carbons (Fsp3) is 0.588. The van der Waals surface area contributed by atoms with Crippen molar-refractivity contribution in [3.63, 3.8) is 0 Å². The molecule has 1 atom stereocenters. The van der Waals surface area contributed by atoms with Crippen LogP contribution in [0.3, 0.4) is 0 Å². The molecular formula is C17H27N3O2. The minimum absolute atomic E-state index is 0.0121. The van der Waals surface area contributed by atoms with Crippen molar-refractivity contribution in [3.8, 4) is 0 Å². The maximum atomic E-state index is 9.60. The van der Waals surface area contributed by atoms with Crippen LogP contribution in [0.1, 0.15) is 31.2 Å². The summed E-state index contributed by atoms with van der Waals surface area (Å²) in [5.41, 5.74) is 1.13. The fourth-order valence-corrected chi connectivity index (χ4v) is 2.36. The molecule has 0 heterocycles. The Kier molecular flexibility index (Phi) is 6.21. The number of aliphatic hydroxyl groups is 2. The van der Waals surface area contributed by atoms with E-state index in [1.165, 1.54) is 0 Å². The van der Waals surface area contributed by atoms with Crippen LogP contribution in [0.2, 0.25) is 0 Å². The highest BCUT2D eigenvalue weighted by Gasteiger charge is 2.41. The van der Waals surface area contributed by atoms with E-state index in [4.69, 9.17) is 0 Å². The first-order valence-electron chi connectivity index (χ1n) is 8.02. The zero-order chi connectivity index (χ0) is 15.8. The molecule has 1 aromatic carbocycles. The van der Waals surface area contributed by atoms with Crippen molar-refractivity contribution in [1.82, 2.24) is 10.6 Å². The highest BCUT2D eigenvalue weighted by atomic mass is 16.3. The molecule has 4 N–H and O–H groups in total. The largest absolute Gasteiger partial charge is 0.396 e. The normalized spacial score (nSPS) is 17.9. The Morgan fingerprint density at radius 3 is 2.50 bits per heavy atom. The SMILES string of the molecule is CCNC(=NCC1(CO)CC1)NCC(CO)c1ccccc1. The van der Waals surface area contributed by atoms with Crippen LogP contribution in [-0.4, -0.2) is 49.0 Å². The summed E-state index contributed by atoms with van der Waals surface area (Å²) in [6.45, 7) is 4.38. The second-order valence-corrected chi connectivity index (χ2v) is 6.02. The number of hydrogen-bond donors (Lipinski definition) is 4. The molecule has 22 heavy (non-hydrogen) atoms. The van der Waals surface area contributed by atoms with Crippen molar-refractivity contribution in [3.05, 3.63) is 35.9 Å². The third-order valence-corrected chi connectivity index (χ3v) is 4.22. The molecule has 0 bridgehead atoms. The van der Waals surface area contributed by atoms with Gasteiger partial charge in [0, 0.05) is 24.4 Å². The molecule has 1 aliphatic carbocycles. The molecule has 5 heteroatoms.